The lowest BCUT2D eigenvalue weighted by molar-refractivity contribution is -0.149. The van der Waals surface area contributed by atoms with Crippen LogP contribution >= 0.6 is 0 Å². The number of rotatable bonds is 4. The largest absolute Gasteiger partial charge is 0.481 e. The molecule has 1 fully saturated rings. The Balaban J connectivity index is 2.67. The van der Waals surface area contributed by atoms with Crippen molar-refractivity contribution >= 4 is 12.3 Å². The third-order valence-electron chi connectivity index (χ3n) is 2.96. The van der Waals surface area contributed by atoms with Crippen LogP contribution in [0.2, 0.25) is 0 Å². The van der Waals surface area contributed by atoms with Crippen molar-refractivity contribution in [3.8, 4) is 0 Å². The van der Waals surface area contributed by atoms with Gasteiger partial charge in [0, 0.05) is 5.92 Å². The lowest BCUT2D eigenvalue weighted by atomic mass is 9.78. The molecule has 3 heteroatoms. The van der Waals surface area contributed by atoms with Crippen LogP contribution in [0.15, 0.2) is 0 Å². The van der Waals surface area contributed by atoms with E-state index in [4.69, 9.17) is 5.11 Å². The van der Waals surface area contributed by atoms with Gasteiger partial charge in [-0.3, -0.25) is 4.79 Å². The average molecular weight is 184 g/mol. The van der Waals surface area contributed by atoms with E-state index in [0.717, 1.165) is 32.0 Å². The summed E-state index contributed by atoms with van der Waals surface area (Å²) < 4.78 is 0. The Morgan fingerprint density at radius 1 is 1.54 bits per heavy atom. The molecular weight excluding hydrogens is 168 g/mol. The van der Waals surface area contributed by atoms with Crippen LogP contribution in [0.5, 0.6) is 0 Å². The lowest BCUT2D eigenvalue weighted by Gasteiger charge is -2.24. The Morgan fingerprint density at radius 2 is 2.08 bits per heavy atom. The number of carbonyl (C=O) groups excluding carboxylic acids is 1. The molecule has 1 N–H and O–H groups in total. The van der Waals surface area contributed by atoms with Gasteiger partial charge in [-0.1, -0.05) is 19.8 Å². The van der Waals surface area contributed by atoms with Gasteiger partial charge in [0.2, 0.25) is 0 Å². The van der Waals surface area contributed by atoms with E-state index in [1.54, 1.807) is 6.92 Å². The van der Waals surface area contributed by atoms with Gasteiger partial charge in [0.05, 0.1) is 5.41 Å². The Kier molecular flexibility index (Phi) is 3.07. The van der Waals surface area contributed by atoms with E-state index in [2.05, 4.69) is 0 Å². The summed E-state index contributed by atoms with van der Waals surface area (Å²) >= 11 is 0. The minimum atomic E-state index is -0.723. The summed E-state index contributed by atoms with van der Waals surface area (Å²) in [5.74, 6) is -0.854. The molecule has 0 saturated heterocycles. The summed E-state index contributed by atoms with van der Waals surface area (Å²) in [4.78, 5) is 21.5. The minimum absolute atomic E-state index is 0.130. The SMILES string of the molecule is CC(C=O)CC1(C(=O)O)CCCC1. The van der Waals surface area contributed by atoms with Crippen molar-refractivity contribution < 1.29 is 14.7 Å². The number of hydrogen-bond acceptors (Lipinski definition) is 2. The molecule has 0 aromatic rings. The Labute approximate surface area is 78.1 Å². The second-order valence-corrected chi connectivity index (χ2v) is 4.11. The van der Waals surface area contributed by atoms with Crippen molar-refractivity contribution in [3.05, 3.63) is 0 Å². The van der Waals surface area contributed by atoms with Crippen molar-refractivity contribution in [2.45, 2.75) is 39.0 Å². The van der Waals surface area contributed by atoms with Crippen molar-refractivity contribution in [2.24, 2.45) is 11.3 Å². The van der Waals surface area contributed by atoms with Crippen LogP contribution in [-0.2, 0) is 9.59 Å². The summed E-state index contributed by atoms with van der Waals surface area (Å²) in [6.07, 6.45) is 4.80. The van der Waals surface area contributed by atoms with Crippen LogP contribution in [0.25, 0.3) is 0 Å². The zero-order chi connectivity index (χ0) is 9.90. The number of aliphatic carboxylic acids is 1. The topological polar surface area (TPSA) is 54.4 Å². The monoisotopic (exact) mass is 184 g/mol. The zero-order valence-corrected chi connectivity index (χ0v) is 7.95. The quantitative estimate of drug-likeness (QED) is 0.678. The first-order valence-electron chi connectivity index (χ1n) is 4.79. The van der Waals surface area contributed by atoms with Gasteiger partial charge in [0.25, 0.3) is 0 Å². The molecule has 0 amide bonds. The van der Waals surface area contributed by atoms with E-state index < -0.39 is 11.4 Å². The molecule has 0 aromatic heterocycles. The first kappa shape index (κ1) is 10.2. The standard InChI is InChI=1S/C10H16O3/c1-8(7-11)6-10(9(12)13)4-2-3-5-10/h7-8H,2-6H2,1H3,(H,12,13). The second kappa shape index (κ2) is 3.90. The molecule has 74 valence electrons. The lowest BCUT2D eigenvalue weighted by Crippen LogP contribution is -2.30. The Morgan fingerprint density at radius 3 is 2.46 bits per heavy atom. The van der Waals surface area contributed by atoms with E-state index in [0.29, 0.717) is 6.42 Å². The van der Waals surface area contributed by atoms with Crippen LogP contribution in [-0.4, -0.2) is 17.4 Å². The smallest absolute Gasteiger partial charge is 0.309 e. The van der Waals surface area contributed by atoms with Gasteiger partial charge >= 0.3 is 5.97 Å². The third kappa shape index (κ3) is 2.08. The molecule has 0 bridgehead atoms. The number of aldehydes is 1. The summed E-state index contributed by atoms with van der Waals surface area (Å²) in [5, 5.41) is 9.09. The maximum absolute atomic E-state index is 11.1. The molecule has 1 atom stereocenters. The van der Waals surface area contributed by atoms with Crippen molar-refractivity contribution in [2.75, 3.05) is 0 Å². The molecule has 0 radical (unpaired) electrons. The van der Waals surface area contributed by atoms with Crippen LogP contribution in [0.3, 0.4) is 0 Å². The van der Waals surface area contributed by atoms with Crippen LogP contribution < -0.4 is 0 Å². The van der Waals surface area contributed by atoms with Gasteiger partial charge < -0.3 is 9.90 Å². The molecular formula is C10H16O3. The predicted octanol–water partition coefficient (Wildman–Crippen LogP) is 1.86. The second-order valence-electron chi connectivity index (χ2n) is 4.11. The summed E-state index contributed by atoms with van der Waals surface area (Å²) in [6, 6.07) is 0. The first-order valence-corrected chi connectivity index (χ1v) is 4.79. The summed E-state index contributed by atoms with van der Waals surface area (Å²) in [7, 11) is 0. The molecule has 1 unspecified atom stereocenters. The van der Waals surface area contributed by atoms with Gasteiger partial charge in [0.1, 0.15) is 6.29 Å². The normalized spacial score (nSPS) is 22.5. The predicted molar refractivity (Wildman–Crippen MR) is 48.4 cm³/mol. The van der Waals surface area contributed by atoms with E-state index in [-0.39, 0.29) is 5.92 Å². The molecule has 0 aliphatic heterocycles. The molecule has 1 saturated carbocycles. The molecule has 0 aromatic carbocycles. The highest BCUT2D eigenvalue weighted by molar-refractivity contribution is 5.75. The molecule has 0 spiro atoms. The maximum Gasteiger partial charge on any atom is 0.309 e. The first-order chi connectivity index (χ1) is 6.10. The molecule has 1 aliphatic rings. The van der Waals surface area contributed by atoms with Gasteiger partial charge in [-0.2, -0.15) is 0 Å². The highest BCUT2D eigenvalue weighted by Crippen LogP contribution is 2.43. The van der Waals surface area contributed by atoms with E-state index in [1.807, 2.05) is 0 Å². The van der Waals surface area contributed by atoms with Gasteiger partial charge in [-0.15, -0.1) is 0 Å². The molecule has 1 rings (SSSR count). The van der Waals surface area contributed by atoms with Gasteiger partial charge in [-0.05, 0) is 19.3 Å². The van der Waals surface area contributed by atoms with E-state index in [1.165, 1.54) is 0 Å². The Bertz CT molecular complexity index is 204. The highest BCUT2D eigenvalue weighted by Gasteiger charge is 2.41. The van der Waals surface area contributed by atoms with E-state index in [9.17, 15) is 9.59 Å². The van der Waals surface area contributed by atoms with E-state index >= 15 is 0 Å². The van der Waals surface area contributed by atoms with Gasteiger partial charge in [-0.25, -0.2) is 0 Å². The Hall–Kier alpha value is -0.860. The van der Waals surface area contributed by atoms with Crippen molar-refractivity contribution in [1.82, 2.24) is 0 Å². The fraction of sp³-hybridized carbons (Fsp3) is 0.800. The molecule has 1 aliphatic carbocycles. The number of hydrogen-bond donors (Lipinski definition) is 1. The molecule has 3 nitrogen and oxygen atoms in total. The van der Waals surface area contributed by atoms with Crippen LogP contribution in [0.4, 0.5) is 0 Å². The third-order valence-corrected chi connectivity index (χ3v) is 2.96. The molecule has 13 heavy (non-hydrogen) atoms. The highest BCUT2D eigenvalue weighted by atomic mass is 16.4. The fourth-order valence-electron chi connectivity index (χ4n) is 2.22. The van der Waals surface area contributed by atoms with Gasteiger partial charge in [0.15, 0.2) is 0 Å². The fourth-order valence-corrected chi connectivity index (χ4v) is 2.22. The zero-order valence-electron chi connectivity index (χ0n) is 7.95. The van der Waals surface area contributed by atoms with Crippen molar-refractivity contribution in [1.29, 1.82) is 0 Å². The average Bonchev–Trinajstić information content (AvgIpc) is 2.54. The van der Waals surface area contributed by atoms with Crippen LogP contribution in [0, 0.1) is 11.3 Å². The summed E-state index contributed by atoms with van der Waals surface area (Å²) in [6.45, 7) is 1.79. The molecule has 0 heterocycles. The summed E-state index contributed by atoms with van der Waals surface area (Å²) in [5.41, 5.74) is -0.597. The van der Waals surface area contributed by atoms with Crippen molar-refractivity contribution in [3.63, 3.8) is 0 Å². The minimum Gasteiger partial charge on any atom is -0.481 e. The number of carboxylic acid groups (broad SMARTS) is 1. The van der Waals surface area contributed by atoms with Crippen LogP contribution in [0.1, 0.15) is 39.0 Å². The number of carbonyl (C=O) groups is 2. The number of carboxylic acids is 1. The maximum atomic E-state index is 11.1.